The van der Waals surface area contributed by atoms with E-state index in [1.54, 1.807) is 0 Å². The van der Waals surface area contributed by atoms with Crippen LogP contribution in [0, 0.1) is 5.92 Å². The largest absolute Gasteiger partial charge is 0.335 e. The van der Waals surface area contributed by atoms with Gasteiger partial charge >= 0.3 is 0 Å². The monoisotopic (exact) mass is 289 g/mol. The summed E-state index contributed by atoms with van der Waals surface area (Å²) in [5.74, 6) is 0.597. The van der Waals surface area contributed by atoms with Crippen molar-refractivity contribution < 1.29 is 4.79 Å². The van der Waals surface area contributed by atoms with Crippen LogP contribution in [0.2, 0.25) is 0 Å². The van der Waals surface area contributed by atoms with Crippen molar-refractivity contribution >= 4 is 5.91 Å². The second kappa shape index (κ2) is 11.4. The standard InChI is InChI=1S/C19H31NO/c1-3-5-6-7-8-9-10-11-12-13-17-20(16-4-2)19(21)18-14-15-18/h4,8-9,12-13,18H,2-3,5-7,10-11,14-17H2,1H3/b9-8-,13-12+. The fraction of sp³-hybridized carbons (Fsp3) is 0.632. The van der Waals surface area contributed by atoms with E-state index in [1.807, 2.05) is 11.0 Å². The van der Waals surface area contributed by atoms with Crippen molar-refractivity contribution in [1.82, 2.24) is 4.90 Å². The predicted octanol–water partition coefficient (Wildman–Crippen LogP) is 4.88. The Labute approximate surface area is 130 Å². The number of carbonyl (C=O) groups is 1. The molecule has 21 heavy (non-hydrogen) atoms. The normalized spacial score (nSPS) is 14.9. The lowest BCUT2D eigenvalue weighted by atomic mass is 10.2. The molecule has 0 aromatic rings. The van der Waals surface area contributed by atoms with Crippen LogP contribution in [-0.2, 0) is 4.79 Å². The van der Waals surface area contributed by atoms with Gasteiger partial charge in [0.25, 0.3) is 0 Å². The van der Waals surface area contributed by atoms with Crippen LogP contribution < -0.4 is 0 Å². The van der Waals surface area contributed by atoms with E-state index in [4.69, 9.17) is 0 Å². The summed E-state index contributed by atoms with van der Waals surface area (Å²) in [6.07, 6.45) is 20.1. The van der Waals surface area contributed by atoms with Gasteiger partial charge in [-0.25, -0.2) is 0 Å². The molecule has 2 heteroatoms. The van der Waals surface area contributed by atoms with Crippen LogP contribution in [0.1, 0.15) is 58.3 Å². The molecule has 0 aromatic heterocycles. The molecule has 0 saturated heterocycles. The number of amides is 1. The summed E-state index contributed by atoms with van der Waals surface area (Å²) >= 11 is 0. The van der Waals surface area contributed by atoms with Gasteiger partial charge in [0.15, 0.2) is 0 Å². The maximum absolute atomic E-state index is 12.0. The molecule has 0 N–H and O–H groups in total. The summed E-state index contributed by atoms with van der Waals surface area (Å²) in [4.78, 5) is 13.9. The molecule has 1 amide bonds. The Kier molecular flexibility index (Phi) is 9.60. The number of hydrogen-bond donors (Lipinski definition) is 0. The average Bonchev–Trinajstić information content (AvgIpc) is 3.32. The Bertz CT molecular complexity index is 353. The van der Waals surface area contributed by atoms with Crippen LogP contribution in [0.25, 0.3) is 0 Å². The molecule has 0 spiro atoms. The van der Waals surface area contributed by atoms with E-state index < -0.39 is 0 Å². The molecule has 0 radical (unpaired) electrons. The van der Waals surface area contributed by atoms with Gasteiger partial charge in [-0.05, 0) is 38.5 Å². The number of allylic oxidation sites excluding steroid dienone is 3. The summed E-state index contributed by atoms with van der Waals surface area (Å²) in [5, 5.41) is 0. The number of hydrogen-bond acceptors (Lipinski definition) is 1. The predicted molar refractivity (Wildman–Crippen MR) is 91.2 cm³/mol. The molecule has 1 saturated carbocycles. The Hall–Kier alpha value is -1.31. The highest BCUT2D eigenvalue weighted by atomic mass is 16.2. The van der Waals surface area contributed by atoms with Gasteiger partial charge in [0.2, 0.25) is 5.91 Å². The van der Waals surface area contributed by atoms with Crippen LogP contribution in [0.15, 0.2) is 37.0 Å². The third-order valence-corrected chi connectivity index (χ3v) is 3.72. The topological polar surface area (TPSA) is 20.3 Å². The number of carbonyl (C=O) groups excluding carboxylic acids is 1. The molecule has 118 valence electrons. The van der Waals surface area contributed by atoms with Crippen molar-refractivity contribution in [2.75, 3.05) is 13.1 Å². The SMILES string of the molecule is C=CCN(C/C=C/CC/C=C\CCCCC)C(=O)C1CC1. The molecule has 1 aliphatic carbocycles. The Balaban J connectivity index is 2.11. The van der Waals surface area contributed by atoms with Crippen molar-refractivity contribution in [2.24, 2.45) is 5.92 Å². The van der Waals surface area contributed by atoms with Gasteiger partial charge in [-0.2, -0.15) is 0 Å². The average molecular weight is 289 g/mol. The minimum atomic E-state index is 0.296. The first kappa shape index (κ1) is 17.7. The van der Waals surface area contributed by atoms with Gasteiger partial charge in [-0.1, -0.05) is 50.1 Å². The van der Waals surface area contributed by atoms with E-state index in [2.05, 4.69) is 37.8 Å². The van der Waals surface area contributed by atoms with E-state index in [1.165, 1.54) is 25.7 Å². The summed E-state index contributed by atoms with van der Waals surface area (Å²) in [6.45, 7) is 7.36. The second-order valence-corrected chi connectivity index (χ2v) is 5.82. The van der Waals surface area contributed by atoms with Gasteiger partial charge in [-0.15, -0.1) is 6.58 Å². The van der Waals surface area contributed by atoms with Gasteiger partial charge < -0.3 is 4.90 Å². The maximum atomic E-state index is 12.0. The zero-order valence-corrected chi connectivity index (χ0v) is 13.6. The fourth-order valence-corrected chi connectivity index (χ4v) is 2.26. The Morgan fingerprint density at radius 1 is 1.05 bits per heavy atom. The van der Waals surface area contributed by atoms with Gasteiger partial charge in [0.1, 0.15) is 0 Å². The van der Waals surface area contributed by atoms with E-state index in [-0.39, 0.29) is 0 Å². The zero-order valence-electron chi connectivity index (χ0n) is 13.6. The first-order valence-corrected chi connectivity index (χ1v) is 8.49. The summed E-state index contributed by atoms with van der Waals surface area (Å²) in [5.41, 5.74) is 0. The minimum absolute atomic E-state index is 0.296. The molecule has 0 bridgehead atoms. The second-order valence-electron chi connectivity index (χ2n) is 5.82. The smallest absolute Gasteiger partial charge is 0.226 e. The molecule has 0 atom stereocenters. The number of nitrogens with zero attached hydrogens (tertiary/aromatic N) is 1. The Morgan fingerprint density at radius 3 is 2.33 bits per heavy atom. The highest BCUT2D eigenvalue weighted by Crippen LogP contribution is 2.30. The molecule has 0 aliphatic heterocycles. The van der Waals surface area contributed by atoms with Gasteiger partial charge in [0, 0.05) is 19.0 Å². The molecule has 0 unspecified atom stereocenters. The quantitative estimate of drug-likeness (QED) is 0.370. The lowest BCUT2D eigenvalue weighted by Gasteiger charge is -2.19. The third-order valence-electron chi connectivity index (χ3n) is 3.72. The zero-order chi connectivity index (χ0) is 15.3. The maximum Gasteiger partial charge on any atom is 0.226 e. The Morgan fingerprint density at radius 2 is 1.71 bits per heavy atom. The lowest BCUT2D eigenvalue weighted by Crippen LogP contribution is -2.32. The minimum Gasteiger partial charge on any atom is -0.335 e. The molecule has 1 fully saturated rings. The summed E-state index contributed by atoms with van der Waals surface area (Å²) in [6, 6.07) is 0. The molecule has 2 nitrogen and oxygen atoms in total. The molecular weight excluding hydrogens is 258 g/mol. The molecular formula is C19H31NO. The van der Waals surface area contributed by atoms with E-state index >= 15 is 0 Å². The van der Waals surface area contributed by atoms with Crippen molar-refractivity contribution in [3.05, 3.63) is 37.0 Å². The first-order valence-electron chi connectivity index (χ1n) is 8.49. The number of unbranched alkanes of at least 4 members (excludes halogenated alkanes) is 4. The molecule has 1 aliphatic rings. The third kappa shape index (κ3) is 8.54. The molecule has 0 heterocycles. The van der Waals surface area contributed by atoms with Crippen LogP contribution in [0.5, 0.6) is 0 Å². The summed E-state index contributed by atoms with van der Waals surface area (Å²) in [7, 11) is 0. The summed E-state index contributed by atoms with van der Waals surface area (Å²) < 4.78 is 0. The van der Waals surface area contributed by atoms with E-state index in [0.717, 1.165) is 32.2 Å². The number of rotatable bonds is 12. The molecule has 0 aromatic carbocycles. The highest BCUT2D eigenvalue weighted by molar-refractivity contribution is 5.81. The van der Waals surface area contributed by atoms with E-state index in [9.17, 15) is 4.79 Å². The fourth-order valence-electron chi connectivity index (χ4n) is 2.26. The first-order chi connectivity index (χ1) is 10.3. The van der Waals surface area contributed by atoms with Crippen LogP contribution in [0.4, 0.5) is 0 Å². The molecule has 1 rings (SSSR count). The van der Waals surface area contributed by atoms with Crippen LogP contribution >= 0.6 is 0 Å². The van der Waals surface area contributed by atoms with Crippen molar-refractivity contribution in [1.29, 1.82) is 0 Å². The van der Waals surface area contributed by atoms with Crippen molar-refractivity contribution in [2.45, 2.75) is 58.3 Å². The van der Waals surface area contributed by atoms with Crippen molar-refractivity contribution in [3.8, 4) is 0 Å². The van der Waals surface area contributed by atoms with Gasteiger partial charge in [-0.3, -0.25) is 4.79 Å². The van der Waals surface area contributed by atoms with Gasteiger partial charge in [0.05, 0.1) is 0 Å². The van der Waals surface area contributed by atoms with Crippen LogP contribution in [0.3, 0.4) is 0 Å². The van der Waals surface area contributed by atoms with Crippen molar-refractivity contribution in [3.63, 3.8) is 0 Å². The highest BCUT2D eigenvalue weighted by Gasteiger charge is 2.32. The van der Waals surface area contributed by atoms with E-state index in [0.29, 0.717) is 18.4 Å². The lowest BCUT2D eigenvalue weighted by molar-refractivity contribution is -0.131. The van der Waals surface area contributed by atoms with Crippen LogP contribution in [-0.4, -0.2) is 23.9 Å².